The Morgan fingerprint density at radius 1 is 1.37 bits per heavy atom. The predicted molar refractivity (Wildman–Crippen MR) is 75.1 cm³/mol. The number of aromatic nitrogens is 2. The molecule has 0 bridgehead atoms. The monoisotopic (exact) mass is 299 g/mol. The van der Waals surface area contributed by atoms with Crippen LogP contribution in [0.2, 0.25) is 5.02 Å². The molecule has 0 spiro atoms. The van der Waals surface area contributed by atoms with Crippen LogP contribution in [0.15, 0.2) is 35.4 Å². The van der Waals surface area contributed by atoms with Gasteiger partial charge in [-0.2, -0.15) is 5.10 Å². The van der Waals surface area contributed by atoms with E-state index in [1.165, 1.54) is 6.26 Å². The number of nitrogens with zero attached hydrogens (tertiary/aromatic N) is 2. The van der Waals surface area contributed by atoms with Gasteiger partial charge in [-0.15, -0.1) is 0 Å². The van der Waals surface area contributed by atoms with Gasteiger partial charge in [0.25, 0.3) is 0 Å². The fourth-order valence-electron chi connectivity index (χ4n) is 1.75. The summed E-state index contributed by atoms with van der Waals surface area (Å²) in [6.07, 6.45) is 2.97. The van der Waals surface area contributed by atoms with Crippen LogP contribution in [0.1, 0.15) is 5.56 Å². The van der Waals surface area contributed by atoms with Gasteiger partial charge in [0, 0.05) is 42.7 Å². The van der Waals surface area contributed by atoms with Gasteiger partial charge in [-0.1, -0.05) is 17.7 Å². The topological polar surface area (TPSA) is 64.0 Å². The van der Waals surface area contributed by atoms with Crippen LogP contribution in [-0.2, 0) is 23.4 Å². The van der Waals surface area contributed by atoms with Crippen molar-refractivity contribution in [2.24, 2.45) is 7.05 Å². The van der Waals surface area contributed by atoms with Gasteiger partial charge in [0.2, 0.25) is 0 Å². The molecular weight excluding hydrogens is 286 g/mol. The molecule has 0 atom stereocenters. The van der Waals surface area contributed by atoms with Crippen molar-refractivity contribution in [3.8, 4) is 0 Å². The first-order valence-corrected chi connectivity index (χ1v) is 7.86. The van der Waals surface area contributed by atoms with E-state index < -0.39 is 9.84 Å². The molecule has 0 saturated carbocycles. The van der Waals surface area contributed by atoms with E-state index in [-0.39, 0.29) is 4.90 Å². The van der Waals surface area contributed by atoms with E-state index >= 15 is 0 Å². The number of sulfone groups is 1. The highest BCUT2D eigenvalue weighted by Crippen LogP contribution is 2.24. The molecule has 7 heteroatoms. The van der Waals surface area contributed by atoms with Gasteiger partial charge in [-0.3, -0.25) is 4.68 Å². The first-order valence-electron chi connectivity index (χ1n) is 5.59. The molecule has 1 N–H and O–H groups in total. The SMILES string of the molecule is Cn1ccc(NCc2c(Cl)cccc2S(C)(=O)=O)n1. The highest BCUT2D eigenvalue weighted by Gasteiger charge is 2.15. The first kappa shape index (κ1) is 13.9. The zero-order valence-corrected chi connectivity index (χ0v) is 12.2. The number of hydrogen-bond acceptors (Lipinski definition) is 4. The Morgan fingerprint density at radius 3 is 2.68 bits per heavy atom. The fraction of sp³-hybridized carbons (Fsp3) is 0.250. The molecule has 0 aliphatic carbocycles. The molecule has 1 heterocycles. The van der Waals surface area contributed by atoms with E-state index in [2.05, 4.69) is 10.4 Å². The van der Waals surface area contributed by atoms with Crippen molar-refractivity contribution in [3.63, 3.8) is 0 Å². The number of aryl methyl sites for hydroxylation is 1. The molecule has 0 amide bonds. The van der Waals surface area contributed by atoms with E-state index in [4.69, 9.17) is 11.6 Å². The van der Waals surface area contributed by atoms with Crippen LogP contribution in [0, 0.1) is 0 Å². The van der Waals surface area contributed by atoms with Crippen LogP contribution in [0.5, 0.6) is 0 Å². The van der Waals surface area contributed by atoms with Crippen LogP contribution in [0.4, 0.5) is 5.82 Å². The van der Waals surface area contributed by atoms with Crippen molar-refractivity contribution in [2.45, 2.75) is 11.4 Å². The Hall–Kier alpha value is -1.53. The van der Waals surface area contributed by atoms with Gasteiger partial charge in [0.15, 0.2) is 9.84 Å². The normalized spacial score (nSPS) is 11.5. The zero-order valence-electron chi connectivity index (χ0n) is 10.6. The van der Waals surface area contributed by atoms with Gasteiger partial charge < -0.3 is 5.32 Å². The molecule has 5 nitrogen and oxygen atoms in total. The lowest BCUT2D eigenvalue weighted by Gasteiger charge is -2.10. The summed E-state index contributed by atoms with van der Waals surface area (Å²) in [7, 11) is -1.50. The molecule has 0 saturated heterocycles. The Labute approximate surface area is 117 Å². The average molecular weight is 300 g/mol. The molecular formula is C12H14ClN3O2S. The molecule has 1 aromatic carbocycles. The third kappa shape index (κ3) is 3.27. The molecule has 0 aliphatic heterocycles. The summed E-state index contributed by atoms with van der Waals surface area (Å²) in [6.45, 7) is 0.305. The summed E-state index contributed by atoms with van der Waals surface area (Å²) in [5.41, 5.74) is 0.553. The average Bonchev–Trinajstić information content (AvgIpc) is 2.72. The minimum atomic E-state index is -3.31. The summed E-state index contributed by atoms with van der Waals surface area (Å²) in [6, 6.07) is 6.66. The van der Waals surface area contributed by atoms with Crippen LogP contribution < -0.4 is 5.32 Å². The van der Waals surface area contributed by atoms with Crippen molar-refractivity contribution >= 4 is 27.3 Å². The lowest BCUT2D eigenvalue weighted by atomic mass is 10.2. The molecule has 1 aromatic heterocycles. The Kier molecular flexibility index (Phi) is 3.82. The molecule has 19 heavy (non-hydrogen) atoms. The quantitative estimate of drug-likeness (QED) is 0.939. The van der Waals surface area contributed by atoms with Crippen molar-refractivity contribution in [1.82, 2.24) is 9.78 Å². The maximum atomic E-state index is 11.7. The van der Waals surface area contributed by atoms with Crippen LogP contribution in [0.3, 0.4) is 0 Å². The number of benzene rings is 1. The number of hydrogen-bond donors (Lipinski definition) is 1. The number of anilines is 1. The standard InChI is InChI=1S/C12H14ClN3O2S/c1-16-7-6-12(15-16)14-8-9-10(13)4-3-5-11(9)19(2,17)18/h3-7H,8H2,1-2H3,(H,14,15). The number of rotatable bonds is 4. The fourth-order valence-corrected chi connectivity index (χ4v) is 3.00. The molecule has 2 rings (SSSR count). The van der Waals surface area contributed by atoms with Crippen LogP contribution in [-0.4, -0.2) is 24.5 Å². The highest BCUT2D eigenvalue weighted by atomic mass is 35.5. The Bertz CT molecular complexity index is 695. The van der Waals surface area contributed by atoms with Gasteiger partial charge in [0.1, 0.15) is 5.82 Å². The maximum absolute atomic E-state index is 11.7. The summed E-state index contributed by atoms with van der Waals surface area (Å²) in [5.74, 6) is 0.668. The van der Waals surface area contributed by atoms with Crippen molar-refractivity contribution in [3.05, 3.63) is 41.0 Å². The maximum Gasteiger partial charge on any atom is 0.175 e. The van der Waals surface area contributed by atoms with Crippen LogP contribution >= 0.6 is 11.6 Å². The van der Waals surface area contributed by atoms with Gasteiger partial charge in [-0.05, 0) is 12.1 Å². The third-order valence-corrected chi connectivity index (χ3v) is 4.17. The van der Waals surface area contributed by atoms with Gasteiger partial charge >= 0.3 is 0 Å². The highest BCUT2D eigenvalue weighted by molar-refractivity contribution is 7.90. The zero-order chi connectivity index (χ0) is 14.0. The van der Waals surface area contributed by atoms with Crippen LogP contribution in [0.25, 0.3) is 0 Å². The predicted octanol–water partition coefficient (Wildman–Crippen LogP) is 2.09. The summed E-state index contributed by atoms with van der Waals surface area (Å²) >= 11 is 6.08. The molecule has 0 radical (unpaired) electrons. The molecule has 0 unspecified atom stereocenters. The lowest BCUT2D eigenvalue weighted by molar-refractivity contribution is 0.601. The third-order valence-electron chi connectivity index (χ3n) is 2.64. The lowest BCUT2D eigenvalue weighted by Crippen LogP contribution is -2.08. The second-order valence-corrected chi connectivity index (χ2v) is 6.61. The molecule has 0 fully saturated rings. The van der Waals surface area contributed by atoms with Gasteiger partial charge in [-0.25, -0.2) is 8.42 Å². The minimum absolute atomic E-state index is 0.239. The van der Waals surface area contributed by atoms with Crippen molar-refractivity contribution < 1.29 is 8.42 Å². The smallest absolute Gasteiger partial charge is 0.175 e. The Morgan fingerprint density at radius 2 is 2.11 bits per heavy atom. The van der Waals surface area contributed by atoms with E-state index in [0.717, 1.165) is 0 Å². The first-order chi connectivity index (χ1) is 8.88. The van der Waals surface area contributed by atoms with E-state index in [0.29, 0.717) is 22.9 Å². The second kappa shape index (κ2) is 5.22. The van der Waals surface area contributed by atoms with E-state index in [9.17, 15) is 8.42 Å². The van der Waals surface area contributed by atoms with Crippen molar-refractivity contribution in [2.75, 3.05) is 11.6 Å². The molecule has 0 aliphatic rings. The summed E-state index contributed by atoms with van der Waals surface area (Å²) < 4.78 is 25.1. The number of nitrogens with one attached hydrogen (secondary N) is 1. The largest absolute Gasteiger partial charge is 0.364 e. The summed E-state index contributed by atoms with van der Waals surface area (Å²) in [4.78, 5) is 0.239. The number of halogens is 1. The molecule has 102 valence electrons. The second-order valence-electron chi connectivity index (χ2n) is 4.22. The Balaban J connectivity index is 2.29. The van der Waals surface area contributed by atoms with Crippen molar-refractivity contribution in [1.29, 1.82) is 0 Å². The minimum Gasteiger partial charge on any atom is -0.364 e. The van der Waals surface area contributed by atoms with Gasteiger partial charge in [0.05, 0.1) is 4.90 Å². The van der Waals surface area contributed by atoms with E-state index in [1.54, 1.807) is 35.1 Å². The molecule has 2 aromatic rings. The van der Waals surface area contributed by atoms with E-state index in [1.807, 2.05) is 7.05 Å². The summed E-state index contributed by atoms with van der Waals surface area (Å²) in [5, 5.41) is 7.64.